The van der Waals surface area contributed by atoms with E-state index in [0.29, 0.717) is 10.7 Å². The molecule has 0 bridgehead atoms. The average molecular weight is 262 g/mol. The molecular weight excluding hydrogens is 248 g/mol. The van der Waals surface area contributed by atoms with E-state index in [4.69, 9.17) is 0 Å². The van der Waals surface area contributed by atoms with Gasteiger partial charge >= 0.3 is 0 Å². The number of carbonyl (C=O) groups excluding carboxylic acids is 2. The Labute approximate surface area is 110 Å². The van der Waals surface area contributed by atoms with E-state index < -0.39 is 0 Å². The molecule has 1 N–H and O–H groups in total. The Morgan fingerprint density at radius 3 is 2.56 bits per heavy atom. The molecule has 0 aliphatic carbocycles. The van der Waals surface area contributed by atoms with Crippen LogP contribution in [0.3, 0.4) is 0 Å². The summed E-state index contributed by atoms with van der Waals surface area (Å²) >= 11 is 1.45. The molecule has 1 amide bonds. The van der Waals surface area contributed by atoms with Crippen LogP contribution in [0, 0.1) is 0 Å². The minimum absolute atomic E-state index is 0.0154. The number of nitrogens with one attached hydrogen (secondary N) is 1. The lowest BCUT2D eigenvalue weighted by Crippen LogP contribution is -2.24. The quantitative estimate of drug-likeness (QED) is 0.851. The average Bonchev–Trinajstić information content (AvgIpc) is 2.70. The van der Waals surface area contributed by atoms with E-state index in [2.05, 4.69) is 10.3 Å². The molecule has 0 aromatic heterocycles. The molecule has 1 heterocycles. The maximum atomic E-state index is 11.5. The predicted octanol–water partition coefficient (Wildman–Crippen LogP) is 2.52. The lowest BCUT2D eigenvalue weighted by atomic mass is 10.1. The maximum Gasteiger partial charge on any atom is 0.239 e. The first-order chi connectivity index (χ1) is 8.60. The number of hydrogen-bond acceptors (Lipinski definition) is 4. The molecular formula is C13H14N2O2S. The number of Topliss-reactive ketones (excluding diaryl/α,β-unsaturated/α-hetero) is 1. The van der Waals surface area contributed by atoms with Crippen molar-refractivity contribution in [2.75, 3.05) is 0 Å². The zero-order valence-electron chi connectivity index (χ0n) is 10.3. The number of ketones is 1. The Hall–Kier alpha value is -1.62. The standard InChI is InChI=1S/C13H14N2O2S/c1-3-11-12(17)15-13(18-11)14-10-6-4-9(5-7-10)8(2)16/h4-7,11H,3H2,1-2H3,(H,14,15,17)/t11-/m0/s1. The Bertz CT molecular complexity index is 508. The minimum Gasteiger partial charge on any atom is -0.304 e. The summed E-state index contributed by atoms with van der Waals surface area (Å²) in [7, 11) is 0. The highest BCUT2D eigenvalue weighted by Gasteiger charge is 2.28. The van der Waals surface area contributed by atoms with E-state index in [0.717, 1.165) is 12.1 Å². The van der Waals surface area contributed by atoms with Crippen molar-refractivity contribution in [1.29, 1.82) is 0 Å². The van der Waals surface area contributed by atoms with Crippen molar-refractivity contribution in [2.24, 2.45) is 4.99 Å². The van der Waals surface area contributed by atoms with Crippen molar-refractivity contribution >= 4 is 34.3 Å². The van der Waals surface area contributed by atoms with Crippen LogP contribution in [0.15, 0.2) is 29.3 Å². The SMILES string of the molecule is CC[C@@H]1SC(=Nc2ccc(C(C)=O)cc2)NC1=O. The monoisotopic (exact) mass is 262 g/mol. The topological polar surface area (TPSA) is 58.5 Å². The van der Waals surface area contributed by atoms with Crippen molar-refractivity contribution in [2.45, 2.75) is 25.5 Å². The zero-order valence-corrected chi connectivity index (χ0v) is 11.1. The lowest BCUT2D eigenvalue weighted by molar-refractivity contribution is -0.118. The molecule has 0 spiro atoms. The van der Waals surface area contributed by atoms with E-state index >= 15 is 0 Å². The van der Waals surface area contributed by atoms with Crippen molar-refractivity contribution in [1.82, 2.24) is 5.32 Å². The highest BCUT2D eigenvalue weighted by molar-refractivity contribution is 8.15. The minimum atomic E-state index is -0.0414. The number of amidine groups is 1. The number of rotatable bonds is 3. The van der Waals surface area contributed by atoms with Crippen molar-refractivity contribution in [3.8, 4) is 0 Å². The number of aliphatic imine (C=N–C) groups is 1. The zero-order chi connectivity index (χ0) is 13.1. The van der Waals surface area contributed by atoms with Crippen LogP contribution < -0.4 is 5.32 Å². The predicted molar refractivity (Wildman–Crippen MR) is 73.4 cm³/mol. The molecule has 1 aliphatic rings. The van der Waals surface area contributed by atoms with Gasteiger partial charge < -0.3 is 5.32 Å². The number of benzene rings is 1. The third kappa shape index (κ3) is 2.79. The third-order valence-corrected chi connectivity index (χ3v) is 3.90. The van der Waals surface area contributed by atoms with Gasteiger partial charge in [0.1, 0.15) is 0 Å². The summed E-state index contributed by atoms with van der Waals surface area (Å²) in [6.45, 7) is 3.50. The molecule has 2 rings (SSSR count). The van der Waals surface area contributed by atoms with Crippen molar-refractivity contribution < 1.29 is 9.59 Å². The van der Waals surface area contributed by atoms with Gasteiger partial charge in [-0.2, -0.15) is 0 Å². The second kappa shape index (κ2) is 5.35. The van der Waals surface area contributed by atoms with Crippen LogP contribution in [0.1, 0.15) is 30.6 Å². The maximum absolute atomic E-state index is 11.5. The van der Waals surface area contributed by atoms with Crippen LogP contribution in [0.25, 0.3) is 0 Å². The van der Waals surface area contributed by atoms with E-state index in [1.165, 1.54) is 18.7 Å². The van der Waals surface area contributed by atoms with Gasteiger partial charge in [0.15, 0.2) is 11.0 Å². The third-order valence-electron chi connectivity index (χ3n) is 2.65. The van der Waals surface area contributed by atoms with Crippen LogP contribution in [-0.4, -0.2) is 22.1 Å². The molecule has 1 aromatic rings. The van der Waals surface area contributed by atoms with Crippen LogP contribution in [0.2, 0.25) is 0 Å². The van der Waals surface area contributed by atoms with Gasteiger partial charge in [-0.25, -0.2) is 4.99 Å². The summed E-state index contributed by atoms with van der Waals surface area (Å²) in [5, 5.41) is 3.33. The van der Waals surface area contributed by atoms with Crippen molar-refractivity contribution in [3.63, 3.8) is 0 Å². The van der Waals surface area contributed by atoms with Crippen LogP contribution in [0.5, 0.6) is 0 Å². The summed E-state index contributed by atoms with van der Waals surface area (Å²) in [4.78, 5) is 27.0. The molecule has 4 nitrogen and oxygen atoms in total. The first-order valence-corrected chi connectivity index (χ1v) is 6.65. The largest absolute Gasteiger partial charge is 0.304 e. The van der Waals surface area contributed by atoms with E-state index in [1.54, 1.807) is 24.3 Å². The molecule has 0 saturated carbocycles. The Morgan fingerprint density at radius 2 is 2.06 bits per heavy atom. The van der Waals surface area contributed by atoms with Crippen molar-refractivity contribution in [3.05, 3.63) is 29.8 Å². The highest BCUT2D eigenvalue weighted by Crippen LogP contribution is 2.24. The molecule has 5 heteroatoms. The number of thioether (sulfide) groups is 1. The van der Waals surface area contributed by atoms with Gasteiger partial charge in [0.05, 0.1) is 10.9 Å². The molecule has 1 aromatic carbocycles. The first-order valence-electron chi connectivity index (χ1n) is 5.77. The highest BCUT2D eigenvalue weighted by atomic mass is 32.2. The molecule has 1 atom stereocenters. The van der Waals surface area contributed by atoms with E-state index in [-0.39, 0.29) is 16.9 Å². The fourth-order valence-electron chi connectivity index (χ4n) is 1.61. The molecule has 18 heavy (non-hydrogen) atoms. The summed E-state index contributed by atoms with van der Waals surface area (Å²) in [5.41, 5.74) is 1.40. The Morgan fingerprint density at radius 1 is 1.39 bits per heavy atom. The fraction of sp³-hybridized carbons (Fsp3) is 0.308. The molecule has 1 aliphatic heterocycles. The van der Waals surface area contributed by atoms with E-state index in [9.17, 15) is 9.59 Å². The smallest absolute Gasteiger partial charge is 0.239 e. The summed E-state index contributed by atoms with van der Waals surface area (Å²) < 4.78 is 0. The van der Waals surface area contributed by atoms with Crippen LogP contribution in [-0.2, 0) is 4.79 Å². The number of hydrogen-bond donors (Lipinski definition) is 1. The van der Waals surface area contributed by atoms with Gasteiger partial charge in [0.2, 0.25) is 5.91 Å². The molecule has 94 valence electrons. The lowest BCUT2D eigenvalue weighted by Gasteiger charge is -1.99. The van der Waals surface area contributed by atoms with Gasteiger partial charge in [-0.05, 0) is 37.6 Å². The molecule has 0 radical (unpaired) electrons. The number of nitrogens with zero attached hydrogens (tertiary/aromatic N) is 1. The second-order valence-electron chi connectivity index (χ2n) is 4.02. The first kappa shape index (κ1) is 12.8. The number of carbonyl (C=O) groups is 2. The van der Waals surface area contributed by atoms with Crippen LogP contribution >= 0.6 is 11.8 Å². The van der Waals surface area contributed by atoms with Crippen LogP contribution in [0.4, 0.5) is 5.69 Å². The Kier molecular flexibility index (Phi) is 3.81. The van der Waals surface area contributed by atoms with Gasteiger partial charge in [-0.3, -0.25) is 9.59 Å². The second-order valence-corrected chi connectivity index (χ2v) is 5.22. The van der Waals surface area contributed by atoms with E-state index in [1.807, 2.05) is 6.92 Å². The van der Waals surface area contributed by atoms with Gasteiger partial charge in [0.25, 0.3) is 0 Å². The molecule has 1 saturated heterocycles. The van der Waals surface area contributed by atoms with Gasteiger partial charge in [-0.15, -0.1) is 0 Å². The molecule has 0 unspecified atom stereocenters. The summed E-state index contributed by atoms with van der Waals surface area (Å²) in [6, 6.07) is 7.02. The summed E-state index contributed by atoms with van der Waals surface area (Å²) in [6.07, 6.45) is 0.790. The molecule has 1 fully saturated rings. The summed E-state index contributed by atoms with van der Waals surface area (Å²) in [5.74, 6) is 0.0467. The normalized spacial score (nSPS) is 21.1. The fourth-order valence-corrected chi connectivity index (χ4v) is 2.53. The Balaban J connectivity index is 2.14. The van der Waals surface area contributed by atoms with Gasteiger partial charge in [0, 0.05) is 5.56 Å². The van der Waals surface area contributed by atoms with Gasteiger partial charge in [-0.1, -0.05) is 18.7 Å². The number of amides is 1.